The molecule has 0 aromatic heterocycles. The van der Waals surface area contributed by atoms with Gasteiger partial charge in [0.1, 0.15) is 5.82 Å². The molecule has 2 heterocycles. The molecule has 1 N–H and O–H groups in total. The predicted molar refractivity (Wildman–Crippen MR) is 55.1 cm³/mol. The average molecular weight is 221 g/mol. The van der Waals surface area contributed by atoms with Gasteiger partial charge in [0.15, 0.2) is 6.23 Å². The Balaban J connectivity index is 1.96. The molecule has 3 rings (SSSR count). The Morgan fingerprint density at radius 3 is 3.12 bits per heavy atom. The molecule has 4 heteroatoms. The second-order valence-corrected chi connectivity index (χ2v) is 4.30. The maximum absolute atomic E-state index is 13.1. The van der Waals surface area contributed by atoms with Crippen molar-refractivity contribution in [3.05, 3.63) is 35.6 Å². The SMILES string of the molecule is O=C1OC2NCCC2C1c1cccc(F)c1. The lowest BCUT2D eigenvalue weighted by atomic mass is 9.86. The summed E-state index contributed by atoms with van der Waals surface area (Å²) in [5, 5.41) is 3.13. The minimum Gasteiger partial charge on any atom is -0.446 e. The first-order valence-electron chi connectivity index (χ1n) is 5.45. The van der Waals surface area contributed by atoms with Crippen LogP contribution in [0.5, 0.6) is 0 Å². The van der Waals surface area contributed by atoms with Crippen molar-refractivity contribution < 1.29 is 13.9 Å². The van der Waals surface area contributed by atoms with Gasteiger partial charge in [-0.2, -0.15) is 0 Å². The summed E-state index contributed by atoms with van der Waals surface area (Å²) in [4.78, 5) is 11.7. The number of carbonyl (C=O) groups excluding carboxylic acids is 1. The number of nitrogens with one attached hydrogen (secondary N) is 1. The summed E-state index contributed by atoms with van der Waals surface area (Å²) < 4.78 is 18.3. The zero-order chi connectivity index (χ0) is 11.1. The third-order valence-corrected chi connectivity index (χ3v) is 3.35. The van der Waals surface area contributed by atoms with Crippen molar-refractivity contribution >= 4 is 5.97 Å². The molecule has 0 amide bonds. The Morgan fingerprint density at radius 1 is 1.44 bits per heavy atom. The number of fused-ring (bicyclic) bond motifs is 1. The second-order valence-electron chi connectivity index (χ2n) is 4.30. The van der Waals surface area contributed by atoms with Crippen molar-refractivity contribution in [2.75, 3.05) is 6.54 Å². The number of carbonyl (C=O) groups is 1. The summed E-state index contributed by atoms with van der Waals surface area (Å²) in [6.45, 7) is 0.856. The Labute approximate surface area is 92.6 Å². The largest absolute Gasteiger partial charge is 0.446 e. The molecule has 1 aromatic rings. The van der Waals surface area contributed by atoms with E-state index in [0.29, 0.717) is 0 Å². The van der Waals surface area contributed by atoms with Crippen LogP contribution >= 0.6 is 0 Å². The van der Waals surface area contributed by atoms with Crippen LogP contribution in [0.4, 0.5) is 4.39 Å². The topological polar surface area (TPSA) is 38.3 Å². The Morgan fingerprint density at radius 2 is 2.31 bits per heavy atom. The van der Waals surface area contributed by atoms with Crippen LogP contribution in [0.2, 0.25) is 0 Å². The second kappa shape index (κ2) is 3.56. The van der Waals surface area contributed by atoms with Crippen LogP contribution in [0, 0.1) is 11.7 Å². The fourth-order valence-corrected chi connectivity index (χ4v) is 2.62. The third kappa shape index (κ3) is 1.41. The van der Waals surface area contributed by atoms with Gasteiger partial charge < -0.3 is 4.74 Å². The standard InChI is InChI=1S/C12H12FNO2/c13-8-3-1-2-7(6-8)10-9-4-5-14-11(9)16-12(10)15/h1-3,6,9-11,14H,4-5H2. The highest BCUT2D eigenvalue weighted by Crippen LogP contribution is 2.40. The molecule has 0 radical (unpaired) electrons. The van der Waals surface area contributed by atoms with Crippen molar-refractivity contribution in [3.8, 4) is 0 Å². The van der Waals surface area contributed by atoms with Crippen LogP contribution < -0.4 is 5.32 Å². The molecule has 16 heavy (non-hydrogen) atoms. The number of esters is 1. The predicted octanol–water partition coefficient (Wildman–Crippen LogP) is 1.40. The number of ether oxygens (including phenoxy) is 1. The molecule has 3 atom stereocenters. The molecule has 1 aromatic carbocycles. The first-order valence-corrected chi connectivity index (χ1v) is 5.45. The highest BCUT2D eigenvalue weighted by atomic mass is 19.1. The lowest BCUT2D eigenvalue weighted by Crippen LogP contribution is -2.25. The van der Waals surface area contributed by atoms with Crippen molar-refractivity contribution in [1.29, 1.82) is 0 Å². The Kier molecular flexibility index (Phi) is 2.17. The average Bonchev–Trinajstić information content (AvgIpc) is 2.76. The van der Waals surface area contributed by atoms with Crippen molar-refractivity contribution in [3.63, 3.8) is 0 Å². The van der Waals surface area contributed by atoms with Crippen LogP contribution in [-0.2, 0) is 9.53 Å². The summed E-state index contributed by atoms with van der Waals surface area (Å²) in [6.07, 6.45) is 0.721. The van der Waals surface area contributed by atoms with Crippen LogP contribution in [0.15, 0.2) is 24.3 Å². The molecular formula is C12H12FNO2. The van der Waals surface area contributed by atoms with E-state index in [0.717, 1.165) is 18.5 Å². The lowest BCUT2D eigenvalue weighted by Gasteiger charge is -2.12. The van der Waals surface area contributed by atoms with E-state index >= 15 is 0 Å². The maximum atomic E-state index is 13.1. The van der Waals surface area contributed by atoms with Gasteiger partial charge in [0.25, 0.3) is 0 Å². The molecule has 2 aliphatic heterocycles. The van der Waals surface area contributed by atoms with E-state index < -0.39 is 0 Å². The molecule has 3 unspecified atom stereocenters. The quantitative estimate of drug-likeness (QED) is 0.728. The highest BCUT2D eigenvalue weighted by Gasteiger charge is 2.47. The first kappa shape index (κ1) is 9.78. The third-order valence-electron chi connectivity index (χ3n) is 3.35. The maximum Gasteiger partial charge on any atom is 0.315 e. The van der Waals surface area contributed by atoms with Gasteiger partial charge in [0.2, 0.25) is 0 Å². The van der Waals surface area contributed by atoms with E-state index in [4.69, 9.17) is 4.74 Å². The monoisotopic (exact) mass is 221 g/mol. The molecule has 84 valence electrons. The number of halogens is 1. The summed E-state index contributed by atoms with van der Waals surface area (Å²) in [5.74, 6) is -0.711. The molecule has 3 nitrogen and oxygen atoms in total. The molecule has 0 aliphatic carbocycles. The summed E-state index contributed by atoms with van der Waals surface area (Å²) >= 11 is 0. The molecule has 0 spiro atoms. The van der Waals surface area contributed by atoms with Gasteiger partial charge in [-0.1, -0.05) is 12.1 Å². The van der Waals surface area contributed by atoms with E-state index in [1.807, 2.05) is 0 Å². The first-order chi connectivity index (χ1) is 7.75. The minimum atomic E-state index is -0.310. The van der Waals surface area contributed by atoms with E-state index in [1.165, 1.54) is 12.1 Å². The molecule has 2 aliphatic rings. The summed E-state index contributed by atoms with van der Waals surface area (Å²) in [6, 6.07) is 6.23. The van der Waals surface area contributed by atoms with Gasteiger partial charge in [0.05, 0.1) is 5.92 Å². The van der Waals surface area contributed by atoms with Gasteiger partial charge in [0, 0.05) is 5.92 Å². The normalized spacial score (nSPS) is 32.6. The Bertz CT molecular complexity index is 435. The van der Waals surface area contributed by atoms with Crippen molar-refractivity contribution in [2.45, 2.75) is 18.6 Å². The molecule has 2 saturated heterocycles. The van der Waals surface area contributed by atoms with E-state index in [9.17, 15) is 9.18 Å². The molecular weight excluding hydrogens is 209 g/mol. The van der Waals surface area contributed by atoms with Gasteiger partial charge in [-0.3, -0.25) is 10.1 Å². The van der Waals surface area contributed by atoms with Gasteiger partial charge >= 0.3 is 5.97 Å². The summed E-state index contributed by atoms with van der Waals surface area (Å²) in [5.41, 5.74) is 0.723. The molecule has 2 fully saturated rings. The summed E-state index contributed by atoms with van der Waals surface area (Å²) in [7, 11) is 0. The minimum absolute atomic E-state index is 0.147. The van der Waals surface area contributed by atoms with Crippen LogP contribution in [-0.4, -0.2) is 18.7 Å². The number of hydrogen-bond acceptors (Lipinski definition) is 3. The Hall–Kier alpha value is -1.42. The van der Waals surface area contributed by atoms with Gasteiger partial charge in [-0.05, 0) is 30.7 Å². The smallest absolute Gasteiger partial charge is 0.315 e. The number of hydrogen-bond donors (Lipinski definition) is 1. The lowest BCUT2D eigenvalue weighted by molar-refractivity contribution is -0.143. The molecule has 0 bridgehead atoms. The van der Waals surface area contributed by atoms with Crippen molar-refractivity contribution in [1.82, 2.24) is 5.32 Å². The fraction of sp³-hybridized carbons (Fsp3) is 0.417. The van der Waals surface area contributed by atoms with Crippen LogP contribution in [0.3, 0.4) is 0 Å². The van der Waals surface area contributed by atoms with Crippen LogP contribution in [0.1, 0.15) is 17.9 Å². The number of rotatable bonds is 1. The van der Waals surface area contributed by atoms with Crippen LogP contribution in [0.25, 0.3) is 0 Å². The zero-order valence-electron chi connectivity index (χ0n) is 8.65. The van der Waals surface area contributed by atoms with Gasteiger partial charge in [-0.25, -0.2) is 4.39 Å². The fourth-order valence-electron chi connectivity index (χ4n) is 2.62. The van der Waals surface area contributed by atoms with E-state index in [-0.39, 0.29) is 29.9 Å². The zero-order valence-corrected chi connectivity index (χ0v) is 8.65. The van der Waals surface area contributed by atoms with E-state index in [1.54, 1.807) is 12.1 Å². The highest BCUT2D eigenvalue weighted by molar-refractivity contribution is 5.81. The van der Waals surface area contributed by atoms with E-state index in [2.05, 4.69) is 5.32 Å². The van der Waals surface area contributed by atoms with Gasteiger partial charge in [-0.15, -0.1) is 0 Å². The molecule has 0 saturated carbocycles. The number of benzene rings is 1. The van der Waals surface area contributed by atoms with Crippen molar-refractivity contribution in [2.24, 2.45) is 5.92 Å².